The van der Waals surface area contributed by atoms with Gasteiger partial charge in [-0.25, -0.2) is 0 Å². The van der Waals surface area contributed by atoms with E-state index in [0.717, 1.165) is 88.4 Å². The summed E-state index contributed by atoms with van der Waals surface area (Å²) in [7, 11) is 0. The number of para-hydroxylation sites is 6. The van der Waals surface area contributed by atoms with Gasteiger partial charge in [-0.3, -0.25) is 0 Å². The van der Waals surface area contributed by atoms with Crippen LogP contribution in [0.1, 0.15) is 0 Å². The topological polar surface area (TPSA) is 13.1 Å². The molecule has 0 unspecified atom stereocenters. The lowest BCUT2D eigenvalue weighted by molar-refractivity contribution is 1.10. The van der Waals surface area contributed by atoms with E-state index in [-0.39, 0.29) is 0 Å². The van der Waals surface area contributed by atoms with Gasteiger partial charge in [-0.05, 0) is 129 Å². The molecule has 14 rings (SSSR count). The third-order valence-corrected chi connectivity index (χ3v) is 15.4. The summed E-state index contributed by atoms with van der Waals surface area (Å²) in [4.78, 5) is 2.44. The number of anilines is 3. The molecule has 0 spiro atoms. The molecule has 0 atom stereocenters. The van der Waals surface area contributed by atoms with E-state index in [0.29, 0.717) is 0 Å². The molecule has 0 saturated heterocycles. The fourth-order valence-corrected chi connectivity index (χ4v) is 12.0. The highest BCUT2D eigenvalue weighted by Gasteiger charge is 2.25. The lowest BCUT2D eigenvalue weighted by atomic mass is 9.93. The Kier molecular flexibility index (Phi) is 11.3. The second kappa shape index (κ2) is 19.1. The second-order valence-corrected chi connectivity index (χ2v) is 20.3. The van der Waals surface area contributed by atoms with Gasteiger partial charge >= 0.3 is 0 Å². The summed E-state index contributed by atoms with van der Waals surface area (Å²) in [5.74, 6) is 0. The molecule has 0 bridgehead atoms. The average Bonchev–Trinajstić information content (AvgIpc) is 4.11. The van der Waals surface area contributed by atoms with E-state index in [4.69, 9.17) is 0 Å². The fourth-order valence-electron chi connectivity index (χ4n) is 11.6. The first kappa shape index (κ1) is 45.2. The van der Waals surface area contributed by atoms with Crippen molar-refractivity contribution in [2.45, 2.75) is 0 Å². The van der Waals surface area contributed by atoms with Crippen molar-refractivity contribution >= 4 is 76.6 Å². The van der Waals surface area contributed by atoms with E-state index >= 15 is 0 Å². The summed E-state index contributed by atoms with van der Waals surface area (Å²) in [6.07, 6.45) is 0. The zero-order valence-electron chi connectivity index (χ0n) is 41.4. The van der Waals surface area contributed by atoms with Gasteiger partial charge in [0.05, 0.1) is 39.1 Å². The van der Waals surface area contributed by atoms with E-state index in [1.807, 2.05) is 0 Å². The monoisotopic (exact) mass is 1030 g/mol. The molecule has 3 nitrogen and oxygen atoms in total. The van der Waals surface area contributed by atoms with Crippen LogP contribution >= 0.6 is 15.9 Å². The Morgan fingerprint density at radius 2 is 0.671 bits per heavy atom. The fraction of sp³-hybridized carbons (Fsp3) is 0. The Hall–Kier alpha value is -9.48. The van der Waals surface area contributed by atoms with Crippen molar-refractivity contribution in [2.75, 3.05) is 4.90 Å². The highest BCUT2D eigenvalue weighted by atomic mass is 79.9. The van der Waals surface area contributed by atoms with E-state index in [9.17, 15) is 0 Å². The summed E-state index contributed by atoms with van der Waals surface area (Å²) >= 11 is 4.07. The number of hydrogen-bond acceptors (Lipinski definition) is 1. The number of benzene rings is 12. The van der Waals surface area contributed by atoms with Crippen molar-refractivity contribution in [3.63, 3.8) is 0 Å². The van der Waals surface area contributed by atoms with Gasteiger partial charge in [-0.2, -0.15) is 0 Å². The molecule has 14 aromatic rings. The van der Waals surface area contributed by atoms with E-state index in [1.165, 1.54) is 43.8 Å². The predicted octanol–water partition coefficient (Wildman–Crippen LogP) is 20.4. The predicted molar refractivity (Wildman–Crippen MR) is 325 cm³/mol. The first-order valence-electron chi connectivity index (χ1n) is 25.8. The molecule has 12 aromatic carbocycles. The van der Waals surface area contributed by atoms with Crippen molar-refractivity contribution in [3.05, 3.63) is 296 Å². The van der Waals surface area contributed by atoms with Crippen LogP contribution in [0.3, 0.4) is 0 Å². The Balaban J connectivity index is 1.02. The van der Waals surface area contributed by atoms with Crippen LogP contribution in [-0.2, 0) is 0 Å². The van der Waals surface area contributed by atoms with Gasteiger partial charge in [-0.15, -0.1) is 0 Å². The highest BCUT2D eigenvalue weighted by molar-refractivity contribution is 9.10. The minimum atomic E-state index is 0.984. The molecular weight excluding hydrogens is 987 g/mol. The maximum atomic E-state index is 4.07. The van der Waals surface area contributed by atoms with Gasteiger partial charge in [0, 0.05) is 48.5 Å². The van der Waals surface area contributed by atoms with Crippen molar-refractivity contribution in [3.8, 4) is 67.0 Å². The Morgan fingerprint density at radius 3 is 1.24 bits per heavy atom. The van der Waals surface area contributed by atoms with Crippen molar-refractivity contribution in [1.29, 1.82) is 0 Å². The Morgan fingerprint density at radius 1 is 0.263 bits per heavy atom. The lowest BCUT2D eigenvalue weighted by Gasteiger charge is -2.29. The maximum absolute atomic E-state index is 4.07. The molecule has 0 N–H and O–H groups in total. The van der Waals surface area contributed by atoms with Crippen LogP contribution in [-0.4, -0.2) is 9.13 Å². The molecule has 2 heterocycles. The molecular formula is C72H48BrN3. The van der Waals surface area contributed by atoms with Crippen molar-refractivity contribution in [2.24, 2.45) is 0 Å². The van der Waals surface area contributed by atoms with Crippen LogP contribution in [0.4, 0.5) is 17.1 Å². The molecule has 0 fully saturated rings. The van der Waals surface area contributed by atoms with Gasteiger partial charge in [0.15, 0.2) is 0 Å². The first-order valence-corrected chi connectivity index (χ1v) is 26.6. The lowest BCUT2D eigenvalue weighted by Crippen LogP contribution is -2.12. The molecule has 358 valence electrons. The summed E-state index contributed by atoms with van der Waals surface area (Å²) < 4.78 is 5.96. The molecule has 0 radical (unpaired) electrons. The van der Waals surface area contributed by atoms with Gasteiger partial charge in [0.25, 0.3) is 0 Å². The third-order valence-electron chi connectivity index (χ3n) is 14.9. The zero-order valence-corrected chi connectivity index (χ0v) is 43.0. The van der Waals surface area contributed by atoms with E-state index in [2.05, 4.69) is 321 Å². The Labute approximate surface area is 450 Å². The van der Waals surface area contributed by atoms with Gasteiger partial charge in [0.1, 0.15) is 0 Å². The number of halogens is 1. The van der Waals surface area contributed by atoms with Crippen LogP contribution in [0.2, 0.25) is 0 Å². The molecule has 2 aromatic heterocycles. The SMILES string of the molecule is Brc1cc(-c2cc(-c3ccccc3)cc(-c3ccccc3)c2)cc(N(c2cccc(-c3cccc(-n4c5ccccc5c5ccccc54)c3-n3c4ccccc4c4ccccc43)c2)c2ccccc2-c2ccccc2)c1. The largest absolute Gasteiger partial charge is 0.310 e. The summed E-state index contributed by atoms with van der Waals surface area (Å²) in [6, 6.07) is 106. The molecule has 0 amide bonds. The quantitative estimate of drug-likeness (QED) is 0.133. The molecule has 0 aliphatic rings. The second-order valence-electron chi connectivity index (χ2n) is 19.4. The van der Waals surface area contributed by atoms with Crippen molar-refractivity contribution in [1.82, 2.24) is 9.13 Å². The van der Waals surface area contributed by atoms with Crippen LogP contribution in [0.15, 0.2) is 296 Å². The van der Waals surface area contributed by atoms with Crippen LogP contribution in [0.25, 0.3) is 111 Å². The standard InChI is InChI=1S/C72H48BrN3/c73-57-45-56(55-43-53(49-22-4-1-5-23-49)42-54(44-55)50-24-6-2-7-25-50)47-59(48-57)74(66-36-15-10-30-60(66)51-26-8-3-9-27-51)58-29-20-28-52(46-58)61-35-21-41-71(75-67-37-16-11-31-62(67)63-32-12-17-38-68(63)75)72(61)76-69-39-18-13-33-64(69)65-34-14-19-40-70(65)76/h1-48H. The van der Waals surface area contributed by atoms with Gasteiger partial charge in [-0.1, -0.05) is 222 Å². The Bertz CT molecular complexity index is 4310. The molecule has 76 heavy (non-hydrogen) atoms. The smallest absolute Gasteiger partial charge is 0.0781 e. The number of nitrogens with zero attached hydrogens (tertiary/aromatic N) is 3. The van der Waals surface area contributed by atoms with Crippen molar-refractivity contribution < 1.29 is 0 Å². The normalized spacial score (nSPS) is 11.5. The van der Waals surface area contributed by atoms with Crippen LogP contribution < -0.4 is 4.90 Å². The summed E-state index contributed by atoms with van der Waals surface area (Å²) in [5, 5.41) is 4.88. The number of hydrogen-bond donors (Lipinski definition) is 0. The van der Waals surface area contributed by atoms with Gasteiger partial charge < -0.3 is 14.0 Å². The minimum Gasteiger partial charge on any atom is -0.310 e. The maximum Gasteiger partial charge on any atom is 0.0781 e. The van der Waals surface area contributed by atoms with E-state index < -0.39 is 0 Å². The number of aromatic nitrogens is 2. The van der Waals surface area contributed by atoms with Gasteiger partial charge in [0.2, 0.25) is 0 Å². The molecule has 4 heteroatoms. The summed E-state index contributed by atoms with van der Waals surface area (Å²) in [6.45, 7) is 0. The minimum absolute atomic E-state index is 0.984. The van der Waals surface area contributed by atoms with Crippen LogP contribution in [0.5, 0.6) is 0 Å². The van der Waals surface area contributed by atoms with Crippen LogP contribution in [0, 0.1) is 0 Å². The molecule has 0 aliphatic carbocycles. The number of fused-ring (bicyclic) bond motifs is 6. The molecule has 0 saturated carbocycles. The first-order chi connectivity index (χ1) is 37.6. The van der Waals surface area contributed by atoms with E-state index in [1.54, 1.807) is 0 Å². The number of rotatable bonds is 10. The summed E-state index contributed by atoms with van der Waals surface area (Å²) in [5.41, 5.74) is 21.4. The third kappa shape index (κ3) is 7.90. The zero-order chi connectivity index (χ0) is 50.5. The molecule has 0 aliphatic heterocycles. The highest BCUT2D eigenvalue weighted by Crippen LogP contribution is 2.47. The average molecular weight is 1040 g/mol.